The van der Waals surface area contributed by atoms with Crippen molar-refractivity contribution in [2.75, 3.05) is 6.54 Å². The lowest BCUT2D eigenvalue weighted by Gasteiger charge is -2.35. The molecule has 1 atom stereocenters. The van der Waals surface area contributed by atoms with Gasteiger partial charge >= 0.3 is 0 Å². The third-order valence-electron chi connectivity index (χ3n) is 4.32. The maximum atomic E-state index is 12.9. The molecule has 0 radical (unpaired) electrons. The Kier molecular flexibility index (Phi) is 3.14. The lowest BCUT2D eigenvalue weighted by molar-refractivity contribution is 0.0611. The second-order valence-corrected chi connectivity index (χ2v) is 5.69. The number of nitrogens with one attached hydrogen (secondary N) is 1. The Morgan fingerprint density at radius 3 is 3.09 bits per heavy atom. The molecule has 6 nitrogen and oxygen atoms in total. The summed E-state index contributed by atoms with van der Waals surface area (Å²) in [5, 5.41) is 6.87. The summed E-state index contributed by atoms with van der Waals surface area (Å²) >= 11 is 0. The minimum Gasteiger partial charge on any atom is -0.331 e. The van der Waals surface area contributed by atoms with Gasteiger partial charge in [-0.05, 0) is 31.4 Å². The lowest BCUT2D eigenvalue weighted by atomic mass is 9.96. The average molecular weight is 295 g/mol. The van der Waals surface area contributed by atoms with E-state index in [1.165, 1.54) is 0 Å². The molecule has 6 heteroatoms. The monoisotopic (exact) mass is 295 g/mol. The number of piperidine rings is 1. The van der Waals surface area contributed by atoms with Gasteiger partial charge in [-0.3, -0.25) is 9.89 Å². The Hall–Kier alpha value is -2.63. The van der Waals surface area contributed by atoms with Crippen LogP contribution in [0.2, 0.25) is 0 Å². The van der Waals surface area contributed by atoms with Gasteiger partial charge in [-0.1, -0.05) is 0 Å². The van der Waals surface area contributed by atoms with Crippen molar-refractivity contribution in [3.63, 3.8) is 0 Å². The Morgan fingerprint density at radius 2 is 2.23 bits per heavy atom. The molecule has 1 saturated heterocycles. The first kappa shape index (κ1) is 13.1. The van der Waals surface area contributed by atoms with E-state index >= 15 is 0 Å². The smallest absolute Gasteiger partial charge is 0.255 e. The van der Waals surface area contributed by atoms with Crippen molar-refractivity contribution in [1.29, 1.82) is 0 Å². The lowest BCUT2D eigenvalue weighted by Crippen LogP contribution is -2.38. The van der Waals surface area contributed by atoms with Crippen molar-refractivity contribution in [3.05, 3.63) is 54.4 Å². The Labute approximate surface area is 127 Å². The van der Waals surface area contributed by atoms with E-state index in [2.05, 4.69) is 15.2 Å². The van der Waals surface area contributed by atoms with Crippen molar-refractivity contribution < 1.29 is 4.79 Å². The van der Waals surface area contributed by atoms with Crippen LogP contribution in [0.3, 0.4) is 0 Å². The zero-order valence-electron chi connectivity index (χ0n) is 12.1. The van der Waals surface area contributed by atoms with E-state index in [9.17, 15) is 4.79 Å². The van der Waals surface area contributed by atoms with Gasteiger partial charge < -0.3 is 9.30 Å². The summed E-state index contributed by atoms with van der Waals surface area (Å²) in [4.78, 5) is 19.0. The molecule has 1 unspecified atom stereocenters. The summed E-state index contributed by atoms with van der Waals surface area (Å²) in [7, 11) is 0. The fourth-order valence-electron chi connectivity index (χ4n) is 3.18. The Morgan fingerprint density at radius 1 is 1.27 bits per heavy atom. The normalized spacial score (nSPS) is 18.7. The molecule has 1 aliphatic rings. The number of aromatic nitrogens is 4. The summed E-state index contributed by atoms with van der Waals surface area (Å²) in [6.45, 7) is 0.788. The molecule has 1 amide bonds. The SMILES string of the molecule is O=C(c1ccc2cncn2c1)N1CCCCC1c1cn[nH]c1. The molecular formula is C16H17N5O. The molecule has 0 aliphatic carbocycles. The van der Waals surface area contributed by atoms with Crippen LogP contribution in [0.1, 0.15) is 41.2 Å². The highest BCUT2D eigenvalue weighted by Crippen LogP contribution is 2.31. The van der Waals surface area contributed by atoms with Gasteiger partial charge in [-0.25, -0.2) is 4.98 Å². The van der Waals surface area contributed by atoms with Crippen LogP contribution in [0, 0.1) is 0 Å². The molecule has 0 bridgehead atoms. The van der Waals surface area contributed by atoms with Gasteiger partial charge in [0.2, 0.25) is 0 Å². The Bertz CT molecular complexity index is 792. The van der Waals surface area contributed by atoms with Crippen LogP contribution in [0.4, 0.5) is 0 Å². The topological polar surface area (TPSA) is 66.3 Å². The van der Waals surface area contributed by atoms with Gasteiger partial charge in [-0.15, -0.1) is 0 Å². The van der Waals surface area contributed by atoms with Crippen molar-refractivity contribution in [3.8, 4) is 0 Å². The van der Waals surface area contributed by atoms with Crippen LogP contribution in [-0.2, 0) is 0 Å². The molecule has 22 heavy (non-hydrogen) atoms. The summed E-state index contributed by atoms with van der Waals surface area (Å²) < 4.78 is 1.88. The molecule has 3 aromatic rings. The molecule has 4 rings (SSSR count). The zero-order valence-corrected chi connectivity index (χ0v) is 12.1. The number of fused-ring (bicyclic) bond motifs is 1. The molecule has 1 aliphatic heterocycles. The minimum atomic E-state index is 0.0708. The van der Waals surface area contributed by atoms with Gasteiger partial charge in [-0.2, -0.15) is 5.10 Å². The fourth-order valence-corrected chi connectivity index (χ4v) is 3.18. The van der Waals surface area contributed by atoms with Gasteiger partial charge in [0.25, 0.3) is 5.91 Å². The van der Waals surface area contributed by atoms with Crippen molar-refractivity contribution >= 4 is 11.4 Å². The van der Waals surface area contributed by atoms with E-state index in [-0.39, 0.29) is 11.9 Å². The second kappa shape index (κ2) is 5.29. The number of rotatable bonds is 2. The van der Waals surface area contributed by atoms with E-state index in [4.69, 9.17) is 0 Å². The minimum absolute atomic E-state index is 0.0708. The number of pyridine rings is 1. The van der Waals surface area contributed by atoms with E-state index < -0.39 is 0 Å². The number of nitrogens with zero attached hydrogens (tertiary/aromatic N) is 4. The van der Waals surface area contributed by atoms with Crippen molar-refractivity contribution in [2.24, 2.45) is 0 Å². The van der Waals surface area contributed by atoms with Gasteiger partial charge in [0.05, 0.1) is 35.8 Å². The zero-order chi connectivity index (χ0) is 14.9. The second-order valence-electron chi connectivity index (χ2n) is 5.69. The summed E-state index contributed by atoms with van der Waals surface area (Å²) in [6, 6.07) is 3.91. The van der Waals surface area contributed by atoms with E-state index in [0.29, 0.717) is 5.56 Å². The molecule has 1 N–H and O–H groups in total. The number of H-pyrrole nitrogens is 1. The first-order valence-corrected chi connectivity index (χ1v) is 7.54. The van der Waals surface area contributed by atoms with E-state index in [1.54, 1.807) is 12.5 Å². The van der Waals surface area contributed by atoms with Crippen LogP contribution < -0.4 is 0 Å². The molecule has 0 saturated carbocycles. The number of hydrogen-bond donors (Lipinski definition) is 1. The van der Waals surface area contributed by atoms with Crippen LogP contribution in [0.25, 0.3) is 5.52 Å². The van der Waals surface area contributed by atoms with Crippen LogP contribution >= 0.6 is 0 Å². The number of imidazole rings is 1. The summed E-state index contributed by atoms with van der Waals surface area (Å²) in [5.41, 5.74) is 2.76. The molecule has 3 aromatic heterocycles. The predicted molar refractivity (Wildman–Crippen MR) is 81.4 cm³/mol. The first-order chi connectivity index (χ1) is 10.8. The summed E-state index contributed by atoms with van der Waals surface area (Å²) in [5.74, 6) is 0.0708. The van der Waals surface area contributed by atoms with Crippen molar-refractivity contribution in [1.82, 2.24) is 24.5 Å². The largest absolute Gasteiger partial charge is 0.331 e. The van der Waals surface area contributed by atoms with Crippen LogP contribution in [0.5, 0.6) is 0 Å². The maximum Gasteiger partial charge on any atom is 0.255 e. The van der Waals surface area contributed by atoms with Gasteiger partial charge in [0, 0.05) is 24.5 Å². The van der Waals surface area contributed by atoms with Gasteiger partial charge in [0.15, 0.2) is 0 Å². The molecule has 0 spiro atoms. The third-order valence-corrected chi connectivity index (χ3v) is 4.32. The molecule has 0 aromatic carbocycles. The highest BCUT2D eigenvalue weighted by molar-refractivity contribution is 5.94. The number of carbonyl (C=O) groups is 1. The fraction of sp³-hybridized carbons (Fsp3) is 0.312. The van der Waals surface area contributed by atoms with E-state index in [0.717, 1.165) is 36.9 Å². The first-order valence-electron chi connectivity index (χ1n) is 7.54. The Balaban J connectivity index is 1.67. The quantitative estimate of drug-likeness (QED) is 0.789. The number of carbonyl (C=O) groups excluding carboxylic acids is 1. The molecular weight excluding hydrogens is 278 g/mol. The molecule has 112 valence electrons. The maximum absolute atomic E-state index is 12.9. The number of aromatic amines is 1. The van der Waals surface area contributed by atoms with Crippen molar-refractivity contribution in [2.45, 2.75) is 25.3 Å². The standard InChI is InChI=1S/C16H17N5O/c22-16(12-4-5-14-9-17-11-20(14)10-12)21-6-2-1-3-15(21)13-7-18-19-8-13/h4-5,7-11,15H,1-3,6H2,(H,18,19). The summed E-state index contributed by atoms with van der Waals surface area (Å²) in [6.07, 6.45) is 12.2. The molecule has 4 heterocycles. The van der Waals surface area contributed by atoms with Crippen LogP contribution in [0.15, 0.2) is 43.2 Å². The average Bonchev–Trinajstić information content (AvgIpc) is 3.24. The number of hydrogen-bond acceptors (Lipinski definition) is 3. The predicted octanol–water partition coefficient (Wildman–Crippen LogP) is 2.42. The number of likely N-dealkylation sites (tertiary alicyclic amines) is 1. The third kappa shape index (κ3) is 2.16. The van der Waals surface area contributed by atoms with Gasteiger partial charge in [0.1, 0.15) is 0 Å². The highest BCUT2D eigenvalue weighted by atomic mass is 16.2. The van der Waals surface area contributed by atoms with E-state index in [1.807, 2.05) is 40.0 Å². The molecule has 1 fully saturated rings. The highest BCUT2D eigenvalue weighted by Gasteiger charge is 2.29. The number of amides is 1. The van der Waals surface area contributed by atoms with Crippen LogP contribution in [-0.4, -0.2) is 36.9 Å².